The van der Waals surface area contributed by atoms with Gasteiger partial charge in [-0.2, -0.15) is 0 Å². The number of nitrogens with one attached hydrogen (secondary N) is 2. The number of aliphatic hydroxyl groups is 4. The van der Waals surface area contributed by atoms with E-state index >= 15 is 0 Å². The molecule has 7 N–H and O–H groups in total. The van der Waals surface area contributed by atoms with Gasteiger partial charge in [0.25, 0.3) is 0 Å². The summed E-state index contributed by atoms with van der Waals surface area (Å²) in [4.78, 5) is 21.9. The van der Waals surface area contributed by atoms with E-state index in [-0.39, 0.29) is 25.5 Å². The van der Waals surface area contributed by atoms with Gasteiger partial charge in [-0.3, -0.25) is 9.36 Å². The lowest BCUT2D eigenvalue weighted by Gasteiger charge is -2.21. The number of hydrogen-bond acceptors (Lipinski definition) is 8. The summed E-state index contributed by atoms with van der Waals surface area (Å²) in [5.41, 5.74) is 0. The third kappa shape index (κ3) is 16.3. The first-order valence-corrected chi connectivity index (χ1v) is 16.3. The summed E-state index contributed by atoms with van der Waals surface area (Å²) in [7, 11) is -4.06. The van der Waals surface area contributed by atoms with E-state index in [2.05, 4.69) is 29.7 Å². The van der Waals surface area contributed by atoms with Crippen molar-refractivity contribution in [3.8, 4) is 0 Å². The van der Waals surface area contributed by atoms with Gasteiger partial charge in [0.15, 0.2) is 0 Å². The minimum atomic E-state index is -4.06. The second-order valence-corrected chi connectivity index (χ2v) is 12.3. The van der Waals surface area contributed by atoms with Crippen LogP contribution in [0.2, 0.25) is 0 Å². The second-order valence-electron chi connectivity index (χ2n) is 10.4. The highest BCUT2D eigenvalue weighted by atomic mass is 31.2. The molecule has 1 aliphatic rings. The molecule has 1 amide bonds. The summed E-state index contributed by atoms with van der Waals surface area (Å²) in [6, 6.07) is -1.42. The molecule has 6 atom stereocenters. The lowest BCUT2D eigenvalue weighted by atomic mass is 10.0. The van der Waals surface area contributed by atoms with E-state index in [4.69, 9.17) is 9.63 Å². The van der Waals surface area contributed by atoms with Crippen LogP contribution in [-0.2, 0) is 13.9 Å². The van der Waals surface area contributed by atoms with Crippen molar-refractivity contribution >= 4 is 13.5 Å². The molecule has 1 rings (SSSR count). The van der Waals surface area contributed by atoms with Crippen LogP contribution in [0.1, 0.15) is 96.8 Å². The summed E-state index contributed by atoms with van der Waals surface area (Å²) in [5, 5.41) is 44.7. The van der Waals surface area contributed by atoms with Crippen LogP contribution >= 0.6 is 7.60 Å². The molecule has 38 heavy (non-hydrogen) atoms. The Kier molecular flexibility index (Phi) is 19.4. The zero-order valence-electron chi connectivity index (χ0n) is 23.2. The van der Waals surface area contributed by atoms with Gasteiger partial charge in [0.2, 0.25) is 5.91 Å². The van der Waals surface area contributed by atoms with E-state index in [1.165, 1.54) is 44.9 Å². The Morgan fingerprint density at radius 1 is 0.974 bits per heavy atom. The maximum atomic E-state index is 12.2. The number of rotatable bonds is 23. The van der Waals surface area contributed by atoms with E-state index in [9.17, 15) is 29.6 Å². The molecule has 224 valence electrons. The summed E-state index contributed by atoms with van der Waals surface area (Å²) >= 11 is 0. The van der Waals surface area contributed by atoms with Crippen molar-refractivity contribution in [2.75, 3.05) is 25.9 Å². The van der Waals surface area contributed by atoms with E-state index in [1.54, 1.807) is 0 Å². The van der Waals surface area contributed by atoms with Crippen molar-refractivity contribution in [3.05, 3.63) is 12.2 Å². The molecule has 0 aliphatic carbocycles. The first-order chi connectivity index (χ1) is 18.2. The van der Waals surface area contributed by atoms with Crippen molar-refractivity contribution in [2.45, 2.75) is 127 Å². The van der Waals surface area contributed by atoms with E-state index in [0.717, 1.165) is 25.7 Å². The van der Waals surface area contributed by atoms with Gasteiger partial charge in [-0.05, 0) is 44.9 Å². The average Bonchev–Trinajstić information content (AvgIpc) is 3.13. The summed E-state index contributed by atoms with van der Waals surface area (Å²) in [6.07, 6.45) is 14.1. The van der Waals surface area contributed by atoms with Crippen LogP contribution in [0.4, 0.5) is 0 Å². The van der Waals surface area contributed by atoms with Gasteiger partial charge >= 0.3 is 7.60 Å². The second kappa shape index (κ2) is 21.0. The molecule has 1 unspecified atom stereocenters. The van der Waals surface area contributed by atoms with Crippen LogP contribution in [0.5, 0.6) is 0 Å². The first kappa shape index (κ1) is 35.2. The Morgan fingerprint density at radius 3 is 2.21 bits per heavy atom. The molecule has 0 bridgehead atoms. The number of aliphatic hydroxyl groups excluding tert-OH is 4. The molecular formula is C27H53N2O8P. The predicted octanol–water partition coefficient (Wildman–Crippen LogP) is 2.76. The number of unbranched alkanes of at least 4 members (excludes halogenated alkanes) is 9. The van der Waals surface area contributed by atoms with Gasteiger partial charge in [-0.1, -0.05) is 57.6 Å². The third-order valence-corrected chi connectivity index (χ3v) is 8.34. The summed E-state index contributed by atoms with van der Waals surface area (Å²) in [6.45, 7) is 2.15. The van der Waals surface area contributed by atoms with Crippen LogP contribution in [0, 0.1) is 0 Å². The third-order valence-electron chi connectivity index (χ3n) is 6.87. The van der Waals surface area contributed by atoms with Crippen LogP contribution in [0.25, 0.3) is 0 Å². The normalized spacial score (nSPS) is 24.1. The van der Waals surface area contributed by atoms with E-state index < -0.39 is 44.2 Å². The van der Waals surface area contributed by atoms with E-state index in [0.29, 0.717) is 19.4 Å². The maximum absolute atomic E-state index is 12.2. The lowest BCUT2D eigenvalue weighted by molar-refractivity contribution is -0.121. The number of carbonyl (C=O) groups excluding carboxylic acids is 1. The van der Waals surface area contributed by atoms with Crippen molar-refractivity contribution in [1.82, 2.24) is 10.6 Å². The lowest BCUT2D eigenvalue weighted by Crippen LogP contribution is -2.38. The maximum Gasteiger partial charge on any atom is 0.330 e. The van der Waals surface area contributed by atoms with Gasteiger partial charge in [-0.15, -0.1) is 0 Å². The SMILES string of the molecule is CCCCCC/C=C\CCCCCCCC(=O)NCCCOP(=O)(O)C[C@H](O)C[C@H]1N[C@H](CO)[C@@H](O)[C@@H]1O. The van der Waals surface area contributed by atoms with Crippen LogP contribution in [0.15, 0.2) is 12.2 Å². The molecule has 0 saturated carbocycles. The Bertz CT molecular complexity index is 696. The molecule has 1 fully saturated rings. The first-order valence-electron chi connectivity index (χ1n) is 14.5. The number of hydrogen-bond donors (Lipinski definition) is 7. The molecular weight excluding hydrogens is 511 g/mol. The number of amides is 1. The van der Waals surface area contributed by atoms with Crippen LogP contribution in [0.3, 0.4) is 0 Å². The van der Waals surface area contributed by atoms with Crippen molar-refractivity contribution in [2.24, 2.45) is 0 Å². The topological polar surface area (TPSA) is 169 Å². The summed E-state index contributed by atoms with van der Waals surface area (Å²) < 4.78 is 17.3. The van der Waals surface area contributed by atoms with Crippen LogP contribution in [-0.4, -0.2) is 87.5 Å². The van der Waals surface area contributed by atoms with E-state index in [1.807, 2.05) is 0 Å². The van der Waals surface area contributed by atoms with Crippen LogP contribution < -0.4 is 10.6 Å². The molecule has 1 heterocycles. The van der Waals surface area contributed by atoms with Gasteiger partial charge in [0.05, 0.1) is 43.7 Å². The van der Waals surface area contributed by atoms with Gasteiger partial charge in [0, 0.05) is 19.0 Å². The number of carbonyl (C=O) groups is 1. The molecule has 0 aromatic carbocycles. The predicted molar refractivity (Wildman–Crippen MR) is 149 cm³/mol. The van der Waals surface area contributed by atoms with Gasteiger partial charge in [0.1, 0.15) is 0 Å². The monoisotopic (exact) mass is 564 g/mol. The molecule has 10 nitrogen and oxygen atoms in total. The standard InChI is InChI=1S/C27H53N2O8P/c1-2-3-4-5-6-7-8-9-10-11-12-13-14-16-25(32)28-17-15-18-37-38(35,36)21-22(31)19-23-26(33)27(34)24(20-30)29-23/h7-8,22-24,26-27,29-31,33-34H,2-6,9-21H2,1H3,(H,28,32)(H,35,36)/b8-7-/t22-,23-,24-,26-,27-/m1/s1. The fourth-order valence-electron chi connectivity index (χ4n) is 4.60. The quantitative estimate of drug-likeness (QED) is 0.0560. The fraction of sp³-hybridized carbons (Fsp3) is 0.889. The molecule has 0 radical (unpaired) electrons. The van der Waals surface area contributed by atoms with Crippen molar-refractivity contribution in [1.29, 1.82) is 0 Å². The highest BCUT2D eigenvalue weighted by Gasteiger charge is 2.41. The Balaban J connectivity index is 2.00. The van der Waals surface area contributed by atoms with Gasteiger partial charge < -0.3 is 40.5 Å². The Labute approximate surface area is 228 Å². The molecule has 11 heteroatoms. The minimum Gasteiger partial charge on any atom is -0.395 e. The smallest absolute Gasteiger partial charge is 0.330 e. The zero-order chi connectivity index (χ0) is 28.2. The molecule has 1 saturated heterocycles. The average molecular weight is 565 g/mol. The summed E-state index contributed by atoms with van der Waals surface area (Å²) in [5.74, 6) is -0.0374. The number of allylic oxidation sites excluding steroid dienone is 2. The highest BCUT2D eigenvalue weighted by Crippen LogP contribution is 2.43. The van der Waals surface area contributed by atoms with Gasteiger partial charge in [-0.25, -0.2) is 0 Å². The minimum absolute atomic E-state index is 0.0374. The Hall–Kier alpha value is -0.840. The highest BCUT2D eigenvalue weighted by molar-refractivity contribution is 7.52. The zero-order valence-corrected chi connectivity index (χ0v) is 24.1. The molecule has 1 aliphatic heterocycles. The molecule has 0 aromatic rings. The Morgan fingerprint density at radius 2 is 1.58 bits per heavy atom. The molecule has 0 aromatic heterocycles. The van der Waals surface area contributed by atoms with Crippen molar-refractivity contribution < 1.29 is 39.2 Å². The fourth-order valence-corrected chi connectivity index (χ4v) is 5.80. The largest absolute Gasteiger partial charge is 0.395 e. The van der Waals surface area contributed by atoms with Crippen molar-refractivity contribution in [3.63, 3.8) is 0 Å². The molecule has 0 spiro atoms.